The molecule has 94 valence electrons. The summed E-state index contributed by atoms with van der Waals surface area (Å²) in [7, 11) is 0. The van der Waals surface area contributed by atoms with Gasteiger partial charge in [-0.15, -0.1) is 0 Å². The Morgan fingerprint density at radius 2 is 2.00 bits per heavy atom. The van der Waals surface area contributed by atoms with Crippen LogP contribution in [0, 0.1) is 6.92 Å². The van der Waals surface area contributed by atoms with Crippen LogP contribution in [0.4, 0.5) is 0 Å². The third kappa shape index (κ3) is 3.22. The number of hydrogen-bond acceptors (Lipinski definition) is 2. The van der Waals surface area contributed by atoms with Crippen LogP contribution < -0.4 is 0 Å². The van der Waals surface area contributed by atoms with E-state index in [1.54, 1.807) is 18.3 Å². The van der Waals surface area contributed by atoms with Gasteiger partial charge in [-0.2, -0.15) is 0 Å². The molecule has 0 amide bonds. The molecule has 0 fully saturated rings. The fourth-order valence-corrected chi connectivity index (χ4v) is 2.27. The second-order valence-corrected chi connectivity index (χ2v) is 5.03. The Balaban J connectivity index is 2.18. The van der Waals surface area contributed by atoms with Gasteiger partial charge in [-0.25, -0.2) is 0 Å². The molecule has 2 rings (SSSR count). The molecule has 1 N–H and O–H groups in total. The normalized spacial score (nSPS) is 12.4. The van der Waals surface area contributed by atoms with E-state index in [0.717, 1.165) is 16.8 Å². The number of aryl methyl sites for hydroxylation is 1. The summed E-state index contributed by atoms with van der Waals surface area (Å²) in [6.07, 6.45) is 1.56. The molecule has 0 saturated carbocycles. The first-order chi connectivity index (χ1) is 8.56. The van der Waals surface area contributed by atoms with Crippen LogP contribution in [0.1, 0.15) is 22.9 Å². The highest BCUT2D eigenvalue weighted by molar-refractivity contribution is 6.35. The van der Waals surface area contributed by atoms with Crippen molar-refractivity contribution in [3.63, 3.8) is 0 Å². The molecule has 0 aliphatic rings. The van der Waals surface area contributed by atoms with E-state index in [2.05, 4.69) is 4.98 Å². The first-order valence-corrected chi connectivity index (χ1v) is 6.36. The molecule has 1 atom stereocenters. The van der Waals surface area contributed by atoms with Gasteiger partial charge in [0.05, 0.1) is 6.10 Å². The highest BCUT2D eigenvalue weighted by Gasteiger charge is 2.11. The quantitative estimate of drug-likeness (QED) is 0.923. The zero-order chi connectivity index (χ0) is 13.1. The van der Waals surface area contributed by atoms with E-state index < -0.39 is 6.10 Å². The van der Waals surface area contributed by atoms with Crippen molar-refractivity contribution in [2.75, 3.05) is 0 Å². The van der Waals surface area contributed by atoms with Gasteiger partial charge in [0, 0.05) is 28.4 Å². The Kier molecular flexibility index (Phi) is 4.23. The van der Waals surface area contributed by atoms with Gasteiger partial charge < -0.3 is 5.11 Å². The van der Waals surface area contributed by atoms with Crippen LogP contribution in [0.5, 0.6) is 0 Å². The van der Waals surface area contributed by atoms with Crippen LogP contribution in [-0.2, 0) is 6.42 Å². The summed E-state index contributed by atoms with van der Waals surface area (Å²) in [5.74, 6) is 0. The van der Waals surface area contributed by atoms with E-state index in [4.69, 9.17) is 23.2 Å². The van der Waals surface area contributed by atoms with Crippen molar-refractivity contribution < 1.29 is 5.11 Å². The van der Waals surface area contributed by atoms with Crippen molar-refractivity contribution in [3.05, 3.63) is 63.4 Å². The van der Waals surface area contributed by atoms with E-state index in [1.165, 1.54) is 0 Å². The molecule has 1 heterocycles. The molecular formula is C14H13Cl2NO. The van der Waals surface area contributed by atoms with Crippen LogP contribution in [0.2, 0.25) is 10.0 Å². The second kappa shape index (κ2) is 5.70. The first kappa shape index (κ1) is 13.3. The van der Waals surface area contributed by atoms with Crippen molar-refractivity contribution in [1.29, 1.82) is 0 Å². The summed E-state index contributed by atoms with van der Waals surface area (Å²) in [6.45, 7) is 1.89. The monoisotopic (exact) mass is 281 g/mol. The molecule has 0 saturated heterocycles. The number of aliphatic hydroxyl groups is 1. The summed E-state index contributed by atoms with van der Waals surface area (Å²) in [5.41, 5.74) is 2.60. The van der Waals surface area contributed by atoms with Gasteiger partial charge in [0.25, 0.3) is 0 Å². The molecule has 1 unspecified atom stereocenters. The topological polar surface area (TPSA) is 33.1 Å². The maximum absolute atomic E-state index is 10.2. The molecule has 2 aromatic rings. The lowest BCUT2D eigenvalue weighted by Gasteiger charge is -2.12. The molecular weight excluding hydrogens is 269 g/mol. The van der Waals surface area contributed by atoms with Gasteiger partial charge >= 0.3 is 0 Å². The van der Waals surface area contributed by atoms with Crippen LogP contribution in [0.3, 0.4) is 0 Å². The highest BCUT2D eigenvalue weighted by Crippen LogP contribution is 2.26. The smallest absolute Gasteiger partial charge is 0.0832 e. The molecule has 18 heavy (non-hydrogen) atoms. The molecule has 1 aromatic carbocycles. The molecule has 0 aliphatic carbocycles. The van der Waals surface area contributed by atoms with Gasteiger partial charge in [-0.05, 0) is 42.3 Å². The molecule has 1 aromatic heterocycles. The lowest BCUT2D eigenvalue weighted by molar-refractivity contribution is 0.178. The van der Waals surface area contributed by atoms with E-state index >= 15 is 0 Å². The third-order valence-electron chi connectivity index (χ3n) is 2.73. The number of benzene rings is 1. The van der Waals surface area contributed by atoms with E-state index in [-0.39, 0.29) is 0 Å². The van der Waals surface area contributed by atoms with Gasteiger partial charge in [0.2, 0.25) is 0 Å². The highest BCUT2D eigenvalue weighted by atomic mass is 35.5. The molecule has 0 bridgehead atoms. The van der Waals surface area contributed by atoms with E-state index in [0.29, 0.717) is 16.5 Å². The number of pyridine rings is 1. The van der Waals surface area contributed by atoms with Crippen LogP contribution in [0.25, 0.3) is 0 Å². The van der Waals surface area contributed by atoms with Crippen molar-refractivity contribution >= 4 is 23.2 Å². The van der Waals surface area contributed by atoms with Gasteiger partial charge in [-0.1, -0.05) is 29.3 Å². The number of aromatic nitrogens is 1. The average molecular weight is 282 g/mol. The summed E-state index contributed by atoms with van der Waals surface area (Å²) < 4.78 is 0. The first-order valence-electron chi connectivity index (χ1n) is 5.61. The van der Waals surface area contributed by atoms with Gasteiger partial charge in [0.1, 0.15) is 0 Å². The summed E-state index contributed by atoms with van der Waals surface area (Å²) in [6, 6.07) is 8.97. The van der Waals surface area contributed by atoms with Crippen LogP contribution in [0.15, 0.2) is 36.5 Å². The maximum atomic E-state index is 10.2. The number of hydrogen-bond donors (Lipinski definition) is 1. The fraction of sp³-hybridized carbons (Fsp3) is 0.214. The fourth-order valence-electron chi connectivity index (χ4n) is 1.79. The minimum atomic E-state index is -0.592. The molecule has 4 heteroatoms. The Morgan fingerprint density at radius 3 is 2.67 bits per heavy atom. The Morgan fingerprint density at radius 1 is 1.22 bits per heavy atom. The summed E-state index contributed by atoms with van der Waals surface area (Å²) in [5, 5.41) is 11.3. The van der Waals surface area contributed by atoms with Crippen molar-refractivity contribution in [2.24, 2.45) is 0 Å². The number of rotatable bonds is 3. The maximum Gasteiger partial charge on any atom is 0.0832 e. The van der Waals surface area contributed by atoms with Gasteiger partial charge in [-0.3, -0.25) is 4.98 Å². The van der Waals surface area contributed by atoms with Crippen LogP contribution in [-0.4, -0.2) is 10.1 Å². The number of halogens is 2. The molecule has 2 nitrogen and oxygen atoms in total. The SMILES string of the molecule is Cc1cc(C(O)Cc2ccc(Cl)cc2Cl)ccn1. The summed E-state index contributed by atoms with van der Waals surface area (Å²) in [4.78, 5) is 4.10. The minimum absolute atomic E-state index is 0.458. The zero-order valence-electron chi connectivity index (χ0n) is 9.90. The Bertz CT molecular complexity index is 557. The number of aliphatic hydroxyl groups excluding tert-OH is 1. The molecule has 0 aliphatic heterocycles. The zero-order valence-corrected chi connectivity index (χ0v) is 11.4. The molecule has 0 spiro atoms. The minimum Gasteiger partial charge on any atom is -0.388 e. The number of nitrogens with zero attached hydrogens (tertiary/aromatic N) is 1. The van der Waals surface area contributed by atoms with E-state index in [1.807, 2.05) is 25.1 Å². The van der Waals surface area contributed by atoms with Crippen molar-refractivity contribution in [2.45, 2.75) is 19.4 Å². The second-order valence-electron chi connectivity index (χ2n) is 4.19. The average Bonchev–Trinajstić information content (AvgIpc) is 2.32. The van der Waals surface area contributed by atoms with Crippen molar-refractivity contribution in [1.82, 2.24) is 4.98 Å². The lowest BCUT2D eigenvalue weighted by Crippen LogP contribution is -2.03. The summed E-state index contributed by atoms with van der Waals surface area (Å²) >= 11 is 11.9. The Labute approximate surface area is 116 Å². The van der Waals surface area contributed by atoms with E-state index in [9.17, 15) is 5.11 Å². The van der Waals surface area contributed by atoms with Crippen molar-refractivity contribution in [3.8, 4) is 0 Å². The predicted molar refractivity (Wildman–Crippen MR) is 74.1 cm³/mol. The van der Waals surface area contributed by atoms with Gasteiger partial charge in [0.15, 0.2) is 0 Å². The largest absolute Gasteiger partial charge is 0.388 e. The predicted octanol–water partition coefficient (Wildman–Crippen LogP) is 3.97. The Hall–Kier alpha value is -1.09. The lowest BCUT2D eigenvalue weighted by atomic mass is 10.0. The van der Waals surface area contributed by atoms with Crippen LogP contribution >= 0.6 is 23.2 Å². The standard InChI is InChI=1S/C14H13Cl2NO/c1-9-6-11(4-5-17-9)14(18)7-10-2-3-12(15)8-13(10)16/h2-6,8,14,18H,7H2,1H3. The molecule has 0 radical (unpaired) electrons. The third-order valence-corrected chi connectivity index (χ3v) is 3.32.